The van der Waals surface area contributed by atoms with Gasteiger partial charge in [0.15, 0.2) is 0 Å². The minimum absolute atomic E-state index is 0.288. The molecule has 0 heterocycles. The van der Waals surface area contributed by atoms with Crippen LogP contribution in [0.4, 0.5) is 0 Å². The highest BCUT2D eigenvalue weighted by atomic mass is 16.4. The summed E-state index contributed by atoms with van der Waals surface area (Å²) in [5, 5.41) is 10.3. The van der Waals surface area contributed by atoms with Gasteiger partial charge in [-0.2, -0.15) is 0 Å². The van der Waals surface area contributed by atoms with Gasteiger partial charge in [-0.1, -0.05) is 27.2 Å². The molecule has 0 saturated heterocycles. The highest BCUT2D eigenvalue weighted by Gasteiger charge is 2.13. The quantitative estimate of drug-likeness (QED) is 0.603. The summed E-state index contributed by atoms with van der Waals surface area (Å²) in [5.41, 5.74) is 0. The molecule has 0 aliphatic carbocycles. The Kier molecular flexibility index (Phi) is 4.92. The summed E-state index contributed by atoms with van der Waals surface area (Å²) in [7, 11) is 0. The molecule has 0 spiro atoms. The van der Waals surface area contributed by atoms with Crippen LogP contribution in [0.3, 0.4) is 0 Å². The van der Waals surface area contributed by atoms with Crippen molar-refractivity contribution in [3.8, 4) is 0 Å². The van der Waals surface area contributed by atoms with E-state index in [2.05, 4.69) is 13.8 Å². The molecule has 0 saturated carbocycles. The molecule has 0 aliphatic heterocycles. The zero-order valence-electron chi connectivity index (χ0n) is 7.59. The molecular formula is C9H17O2. The van der Waals surface area contributed by atoms with Gasteiger partial charge in [0.1, 0.15) is 0 Å². The minimum Gasteiger partial charge on any atom is -0.247 e. The van der Waals surface area contributed by atoms with Crippen molar-refractivity contribution >= 4 is 5.97 Å². The first-order chi connectivity index (χ1) is 5.07. The molecular weight excluding hydrogens is 140 g/mol. The second-order valence-corrected chi connectivity index (χ2v) is 3.31. The van der Waals surface area contributed by atoms with Gasteiger partial charge in [0, 0.05) is 0 Å². The number of carbonyl (C=O) groups is 1. The lowest BCUT2D eigenvalue weighted by Crippen LogP contribution is -2.09. The van der Waals surface area contributed by atoms with E-state index in [0.717, 1.165) is 19.3 Å². The van der Waals surface area contributed by atoms with Gasteiger partial charge in [0.25, 0.3) is 0 Å². The summed E-state index contributed by atoms with van der Waals surface area (Å²) < 4.78 is 0. The van der Waals surface area contributed by atoms with Crippen LogP contribution in [0.15, 0.2) is 0 Å². The molecule has 0 bridgehead atoms. The van der Waals surface area contributed by atoms with Crippen LogP contribution in [0.25, 0.3) is 0 Å². The SMILES string of the molecule is CCC(C)CCC(C)C([O])=O. The lowest BCUT2D eigenvalue weighted by atomic mass is 9.97. The average molecular weight is 157 g/mol. The predicted octanol–water partition coefficient (Wildman–Crippen LogP) is 2.41. The molecule has 0 rings (SSSR count). The Bertz CT molecular complexity index is 121. The Balaban J connectivity index is 3.45. The molecule has 0 aromatic rings. The van der Waals surface area contributed by atoms with Crippen molar-refractivity contribution in [3.05, 3.63) is 0 Å². The van der Waals surface area contributed by atoms with Crippen molar-refractivity contribution in [1.29, 1.82) is 0 Å². The van der Waals surface area contributed by atoms with Crippen LogP contribution in [-0.2, 0) is 9.90 Å². The Morgan fingerprint density at radius 2 is 1.82 bits per heavy atom. The third-order valence-electron chi connectivity index (χ3n) is 2.19. The fourth-order valence-electron chi connectivity index (χ4n) is 0.856. The zero-order chi connectivity index (χ0) is 8.85. The van der Waals surface area contributed by atoms with Crippen molar-refractivity contribution in [1.82, 2.24) is 0 Å². The first-order valence-corrected chi connectivity index (χ1v) is 4.28. The molecule has 0 aliphatic rings. The fraction of sp³-hybridized carbons (Fsp3) is 0.889. The van der Waals surface area contributed by atoms with Gasteiger partial charge in [-0.25, -0.2) is 9.90 Å². The first-order valence-electron chi connectivity index (χ1n) is 4.28. The van der Waals surface area contributed by atoms with Crippen molar-refractivity contribution < 1.29 is 9.90 Å². The maximum Gasteiger partial charge on any atom is 0.358 e. The van der Waals surface area contributed by atoms with Crippen molar-refractivity contribution in [3.63, 3.8) is 0 Å². The number of carbonyl (C=O) groups excluding carboxylic acids is 1. The van der Waals surface area contributed by atoms with E-state index in [0.29, 0.717) is 5.92 Å². The molecule has 65 valence electrons. The van der Waals surface area contributed by atoms with E-state index in [4.69, 9.17) is 0 Å². The van der Waals surface area contributed by atoms with Crippen LogP contribution in [0.1, 0.15) is 40.0 Å². The molecule has 0 aromatic heterocycles. The molecule has 2 atom stereocenters. The van der Waals surface area contributed by atoms with Gasteiger partial charge in [-0.3, -0.25) is 0 Å². The average Bonchev–Trinajstić information content (AvgIpc) is 1.99. The number of hydrogen-bond acceptors (Lipinski definition) is 1. The number of hydrogen-bond donors (Lipinski definition) is 0. The zero-order valence-corrected chi connectivity index (χ0v) is 7.59. The normalized spacial score (nSPS) is 15.9. The van der Waals surface area contributed by atoms with E-state index < -0.39 is 5.97 Å². The molecule has 2 nitrogen and oxygen atoms in total. The summed E-state index contributed by atoms with van der Waals surface area (Å²) in [6.45, 7) is 5.97. The molecule has 0 aromatic carbocycles. The molecule has 0 amide bonds. The lowest BCUT2D eigenvalue weighted by Gasteiger charge is -2.09. The molecule has 2 heteroatoms. The van der Waals surface area contributed by atoms with Crippen LogP contribution in [0.5, 0.6) is 0 Å². The number of rotatable bonds is 5. The summed E-state index contributed by atoms with van der Waals surface area (Å²) in [4.78, 5) is 10.3. The van der Waals surface area contributed by atoms with Crippen LogP contribution in [0, 0.1) is 11.8 Å². The standard InChI is InChI=1S/C9H17O2/c1-4-7(2)5-6-8(3)9(10)11/h7-8H,4-6H2,1-3H3. The van der Waals surface area contributed by atoms with Crippen molar-refractivity contribution in [2.45, 2.75) is 40.0 Å². The smallest absolute Gasteiger partial charge is 0.247 e. The topological polar surface area (TPSA) is 37.0 Å². The maximum absolute atomic E-state index is 10.3. The second-order valence-electron chi connectivity index (χ2n) is 3.31. The largest absolute Gasteiger partial charge is 0.358 e. The van der Waals surface area contributed by atoms with E-state index in [1.165, 1.54) is 0 Å². The van der Waals surface area contributed by atoms with E-state index in [9.17, 15) is 9.90 Å². The third-order valence-corrected chi connectivity index (χ3v) is 2.19. The molecule has 2 unspecified atom stereocenters. The van der Waals surface area contributed by atoms with Crippen molar-refractivity contribution in [2.75, 3.05) is 0 Å². The highest BCUT2D eigenvalue weighted by Crippen LogP contribution is 2.14. The monoisotopic (exact) mass is 157 g/mol. The summed E-state index contributed by atoms with van der Waals surface area (Å²) in [6.07, 6.45) is 2.86. The maximum atomic E-state index is 10.3. The second kappa shape index (κ2) is 5.16. The van der Waals surface area contributed by atoms with Gasteiger partial charge < -0.3 is 0 Å². The van der Waals surface area contributed by atoms with Crippen LogP contribution >= 0.6 is 0 Å². The third kappa shape index (κ3) is 4.82. The van der Waals surface area contributed by atoms with Gasteiger partial charge in [0.05, 0.1) is 5.92 Å². The van der Waals surface area contributed by atoms with Crippen molar-refractivity contribution in [2.24, 2.45) is 11.8 Å². The van der Waals surface area contributed by atoms with E-state index in [1.54, 1.807) is 6.92 Å². The van der Waals surface area contributed by atoms with E-state index >= 15 is 0 Å². The Morgan fingerprint density at radius 3 is 2.18 bits per heavy atom. The van der Waals surface area contributed by atoms with Crippen LogP contribution in [0.2, 0.25) is 0 Å². The lowest BCUT2D eigenvalue weighted by molar-refractivity contribution is -0.147. The Hall–Kier alpha value is -0.530. The van der Waals surface area contributed by atoms with E-state index in [1.807, 2.05) is 0 Å². The minimum atomic E-state index is -0.923. The van der Waals surface area contributed by atoms with Crippen LogP contribution in [-0.4, -0.2) is 5.97 Å². The van der Waals surface area contributed by atoms with Gasteiger partial charge >= 0.3 is 5.97 Å². The summed E-state index contributed by atoms with van der Waals surface area (Å²) >= 11 is 0. The van der Waals surface area contributed by atoms with Gasteiger partial charge in [-0.05, 0) is 18.8 Å². The molecule has 0 fully saturated rings. The predicted molar refractivity (Wildman–Crippen MR) is 43.5 cm³/mol. The Labute approximate surface area is 68.6 Å². The van der Waals surface area contributed by atoms with Gasteiger partial charge in [0.2, 0.25) is 0 Å². The molecule has 0 N–H and O–H groups in total. The summed E-state index contributed by atoms with van der Waals surface area (Å²) in [5.74, 6) is -0.575. The van der Waals surface area contributed by atoms with Gasteiger partial charge in [-0.15, -0.1) is 0 Å². The highest BCUT2D eigenvalue weighted by molar-refractivity contribution is 5.68. The van der Waals surface area contributed by atoms with Crippen LogP contribution < -0.4 is 0 Å². The first kappa shape index (κ1) is 10.5. The summed E-state index contributed by atoms with van der Waals surface area (Å²) in [6, 6.07) is 0. The molecule has 11 heavy (non-hydrogen) atoms. The Morgan fingerprint density at radius 1 is 1.27 bits per heavy atom. The molecule has 1 radical (unpaired) electrons. The van der Waals surface area contributed by atoms with E-state index in [-0.39, 0.29) is 5.92 Å². The fourth-order valence-corrected chi connectivity index (χ4v) is 0.856.